The average Bonchev–Trinajstić information content (AvgIpc) is 3.39. The highest BCUT2D eigenvalue weighted by Gasteiger charge is 2.30. The van der Waals surface area contributed by atoms with Crippen molar-refractivity contribution in [3.63, 3.8) is 0 Å². The molecule has 2 N–H and O–H groups in total. The van der Waals surface area contributed by atoms with Crippen LogP contribution in [0.5, 0.6) is 5.75 Å². The van der Waals surface area contributed by atoms with Gasteiger partial charge in [0.15, 0.2) is 6.10 Å². The number of ether oxygens (including phenoxy) is 1. The number of rotatable bonds is 5. The molecule has 0 fully saturated rings. The van der Waals surface area contributed by atoms with Crippen molar-refractivity contribution in [1.29, 1.82) is 0 Å². The van der Waals surface area contributed by atoms with Crippen LogP contribution in [0.25, 0.3) is 10.9 Å². The number of carbonyl (C=O) groups is 1. The Bertz CT molecular complexity index is 1190. The Balaban J connectivity index is 1.41. The van der Waals surface area contributed by atoms with Gasteiger partial charge in [0.25, 0.3) is 5.91 Å². The molecule has 2 atom stereocenters. The maximum atomic E-state index is 12.9. The minimum atomic E-state index is -0.503. The Morgan fingerprint density at radius 2 is 1.80 bits per heavy atom. The zero-order valence-corrected chi connectivity index (χ0v) is 17.0. The summed E-state index contributed by atoms with van der Waals surface area (Å²) in [7, 11) is 0. The number of halogens is 1. The molecule has 5 rings (SSSR count). The van der Waals surface area contributed by atoms with Crippen LogP contribution in [0.15, 0.2) is 79.0 Å². The smallest absolute Gasteiger partial charge is 0.261 e. The molecule has 0 saturated carbocycles. The van der Waals surface area contributed by atoms with E-state index in [4.69, 9.17) is 16.3 Å². The molecule has 0 bridgehead atoms. The van der Waals surface area contributed by atoms with Crippen LogP contribution in [0.4, 0.5) is 0 Å². The van der Waals surface area contributed by atoms with Crippen molar-refractivity contribution < 1.29 is 9.53 Å². The zero-order valence-electron chi connectivity index (χ0n) is 16.3. The number of aromatic nitrogens is 1. The molecule has 1 aliphatic rings. The Morgan fingerprint density at radius 1 is 1.03 bits per heavy atom. The van der Waals surface area contributed by atoms with Crippen LogP contribution in [-0.4, -0.2) is 23.5 Å². The van der Waals surface area contributed by atoms with Crippen LogP contribution < -0.4 is 10.1 Å². The highest BCUT2D eigenvalue weighted by atomic mass is 35.5. The Kier molecular flexibility index (Phi) is 4.93. The summed E-state index contributed by atoms with van der Waals surface area (Å²) < 4.78 is 5.85. The van der Waals surface area contributed by atoms with Gasteiger partial charge < -0.3 is 15.0 Å². The molecule has 150 valence electrons. The second kappa shape index (κ2) is 7.88. The molecule has 2 heterocycles. The maximum absolute atomic E-state index is 12.9. The predicted molar refractivity (Wildman–Crippen MR) is 119 cm³/mol. The van der Waals surface area contributed by atoms with Crippen molar-refractivity contribution in [2.75, 3.05) is 6.54 Å². The van der Waals surface area contributed by atoms with Crippen LogP contribution in [0, 0.1) is 0 Å². The summed E-state index contributed by atoms with van der Waals surface area (Å²) in [5, 5.41) is 4.91. The van der Waals surface area contributed by atoms with Crippen LogP contribution >= 0.6 is 11.6 Å². The molecular formula is C25H21ClN2O2. The number of para-hydroxylation sites is 2. The molecule has 1 aliphatic heterocycles. The first-order chi connectivity index (χ1) is 14.7. The molecule has 1 amide bonds. The number of fused-ring (bicyclic) bond motifs is 2. The lowest BCUT2D eigenvalue weighted by molar-refractivity contribution is -0.127. The third-order valence-corrected chi connectivity index (χ3v) is 6.04. The number of H-pyrrole nitrogens is 1. The number of aromatic amines is 1. The van der Waals surface area contributed by atoms with Gasteiger partial charge in [0.05, 0.1) is 0 Å². The van der Waals surface area contributed by atoms with E-state index in [1.807, 2.05) is 72.9 Å². The summed E-state index contributed by atoms with van der Waals surface area (Å²) >= 11 is 6.54. The molecule has 0 unspecified atom stereocenters. The van der Waals surface area contributed by atoms with E-state index in [0.717, 1.165) is 33.3 Å². The highest BCUT2D eigenvalue weighted by Crippen LogP contribution is 2.34. The normalized spacial score (nSPS) is 16.1. The Morgan fingerprint density at radius 3 is 2.67 bits per heavy atom. The number of hydrogen-bond donors (Lipinski definition) is 2. The van der Waals surface area contributed by atoms with Gasteiger partial charge in [-0.15, -0.1) is 0 Å². The van der Waals surface area contributed by atoms with Crippen LogP contribution in [0.3, 0.4) is 0 Å². The lowest BCUT2D eigenvalue weighted by atomic mass is 9.90. The molecule has 0 aliphatic carbocycles. The topological polar surface area (TPSA) is 54.1 Å². The summed E-state index contributed by atoms with van der Waals surface area (Å²) in [6.07, 6.45) is 2.09. The van der Waals surface area contributed by atoms with Gasteiger partial charge in [-0.25, -0.2) is 0 Å². The van der Waals surface area contributed by atoms with Gasteiger partial charge >= 0.3 is 0 Å². The maximum Gasteiger partial charge on any atom is 0.261 e. The first-order valence-electron chi connectivity index (χ1n) is 10.0. The highest BCUT2D eigenvalue weighted by molar-refractivity contribution is 6.31. The summed E-state index contributed by atoms with van der Waals surface area (Å²) in [5.74, 6) is 0.600. The van der Waals surface area contributed by atoms with E-state index in [1.165, 1.54) is 0 Å². The predicted octanol–water partition coefficient (Wildman–Crippen LogP) is 5.07. The lowest BCUT2D eigenvalue weighted by Gasteiger charge is -2.20. The largest absolute Gasteiger partial charge is 0.480 e. The van der Waals surface area contributed by atoms with Gasteiger partial charge in [0, 0.05) is 41.0 Å². The number of carbonyl (C=O) groups excluding carboxylic acids is 1. The lowest BCUT2D eigenvalue weighted by Crippen LogP contribution is -2.39. The van der Waals surface area contributed by atoms with Gasteiger partial charge in [-0.05, 0) is 34.9 Å². The second-order valence-electron chi connectivity index (χ2n) is 7.53. The fourth-order valence-corrected chi connectivity index (χ4v) is 4.44. The molecule has 3 aromatic carbocycles. The molecule has 4 nitrogen and oxygen atoms in total. The molecule has 1 aromatic heterocycles. The van der Waals surface area contributed by atoms with Crippen molar-refractivity contribution in [3.05, 3.63) is 101 Å². The molecule has 30 heavy (non-hydrogen) atoms. The van der Waals surface area contributed by atoms with E-state index >= 15 is 0 Å². The van der Waals surface area contributed by atoms with E-state index in [2.05, 4.69) is 16.4 Å². The van der Waals surface area contributed by atoms with E-state index in [0.29, 0.717) is 18.0 Å². The van der Waals surface area contributed by atoms with E-state index in [9.17, 15) is 4.79 Å². The molecular weight excluding hydrogens is 396 g/mol. The Hall–Kier alpha value is -3.24. The van der Waals surface area contributed by atoms with E-state index in [1.54, 1.807) is 0 Å². The molecule has 0 spiro atoms. The summed E-state index contributed by atoms with van der Waals surface area (Å²) in [4.78, 5) is 16.2. The zero-order chi connectivity index (χ0) is 20.5. The van der Waals surface area contributed by atoms with Crippen molar-refractivity contribution in [1.82, 2.24) is 10.3 Å². The number of amides is 1. The second-order valence-corrected chi connectivity index (χ2v) is 7.93. The first-order valence-corrected chi connectivity index (χ1v) is 10.4. The molecule has 4 aromatic rings. The van der Waals surface area contributed by atoms with Gasteiger partial charge in [-0.1, -0.05) is 66.2 Å². The van der Waals surface area contributed by atoms with Crippen molar-refractivity contribution in [3.8, 4) is 5.75 Å². The minimum absolute atomic E-state index is 0.0809. The van der Waals surface area contributed by atoms with Crippen molar-refractivity contribution in [2.45, 2.75) is 18.4 Å². The number of nitrogens with one attached hydrogen (secondary N) is 2. The van der Waals surface area contributed by atoms with Crippen LogP contribution in [0.1, 0.15) is 22.6 Å². The Labute approximate surface area is 179 Å². The van der Waals surface area contributed by atoms with Crippen molar-refractivity contribution in [2.24, 2.45) is 0 Å². The number of benzene rings is 3. The van der Waals surface area contributed by atoms with Crippen molar-refractivity contribution >= 4 is 28.4 Å². The number of hydrogen-bond acceptors (Lipinski definition) is 2. The monoisotopic (exact) mass is 416 g/mol. The van der Waals surface area contributed by atoms with Gasteiger partial charge in [0.1, 0.15) is 5.75 Å². The third kappa shape index (κ3) is 3.44. The van der Waals surface area contributed by atoms with E-state index < -0.39 is 6.10 Å². The van der Waals surface area contributed by atoms with Gasteiger partial charge in [-0.3, -0.25) is 4.79 Å². The van der Waals surface area contributed by atoms with Crippen LogP contribution in [-0.2, 0) is 11.2 Å². The van der Waals surface area contributed by atoms with Gasteiger partial charge in [-0.2, -0.15) is 0 Å². The SMILES string of the molecule is O=C(NC[C@@H](c1ccccc1Cl)c1c[nH]c2ccccc12)[C@@H]1Cc2ccccc2O1. The minimum Gasteiger partial charge on any atom is -0.480 e. The molecule has 0 radical (unpaired) electrons. The summed E-state index contributed by atoms with van der Waals surface area (Å²) in [6.45, 7) is 0.431. The average molecular weight is 417 g/mol. The fraction of sp³-hybridized carbons (Fsp3) is 0.160. The first kappa shape index (κ1) is 18.8. The standard InChI is InChI=1S/C25H21ClN2O2/c26-21-10-4-2-8-17(21)19(20-14-27-22-11-5-3-9-18(20)22)15-28-25(29)24-13-16-7-1-6-12-23(16)30-24/h1-12,14,19,24,27H,13,15H2,(H,28,29)/t19-,24-/m0/s1. The summed E-state index contributed by atoms with van der Waals surface area (Å²) in [5.41, 5.74) is 4.22. The quantitative estimate of drug-likeness (QED) is 0.477. The van der Waals surface area contributed by atoms with Gasteiger partial charge in [0.2, 0.25) is 0 Å². The van der Waals surface area contributed by atoms with Crippen LogP contribution in [0.2, 0.25) is 5.02 Å². The summed E-state index contributed by atoms with van der Waals surface area (Å²) in [6, 6.07) is 23.7. The van der Waals surface area contributed by atoms with E-state index in [-0.39, 0.29) is 11.8 Å². The third-order valence-electron chi connectivity index (χ3n) is 5.70. The molecule has 5 heteroatoms. The fourth-order valence-electron chi connectivity index (χ4n) is 4.17. The molecule has 0 saturated heterocycles.